The van der Waals surface area contributed by atoms with E-state index in [9.17, 15) is 9.90 Å². The predicted octanol–water partition coefficient (Wildman–Crippen LogP) is 1.38. The Morgan fingerprint density at radius 2 is 2.16 bits per heavy atom. The second-order valence-electron chi connectivity index (χ2n) is 3.80. The van der Waals surface area contributed by atoms with E-state index in [1.165, 1.54) is 6.92 Å². The molecular formula is C11H21N3O5. The average Bonchev–Trinajstić information content (AvgIpc) is 2.38. The van der Waals surface area contributed by atoms with Gasteiger partial charge in [-0.2, -0.15) is 0 Å². The van der Waals surface area contributed by atoms with Crippen LogP contribution < -0.4 is 0 Å². The molecule has 0 amide bonds. The third-order valence-corrected chi connectivity index (χ3v) is 2.14. The summed E-state index contributed by atoms with van der Waals surface area (Å²) in [6, 6.07) is -0.820. The molecule has 8 heteroatoms. The van der Waals surface area contributed by atoms with Gasteiger partial charge in [0.25, 0.3) is 0 Å². The zero-order valence-electron chi connectivity index (χ0n) is 11.3. The van der Waals surface area contributed by atoms with Gasteiger partial charge in [0.05, 0.1) is 13.2 Å². The van der Waals surface area contributed by atoms with Crippen LogP contribution in [0.2, 0.25) is 0 Å². The van der Waals surface area contributed by atoms with Crippen molar-refractivity contribution in [2.75, 3.05) is 26.4 Å². The molecule has 0 saturated carbocycles. The van der Waals surface area contributed by atoms with Crippen molar-refractivity contribution in [1.29, 1.82) is 0 Å². The molecule has 0 saturated heterocycles. The van der Waals surface area contributed by atoms with E-state index in [1.54, 1.807) is 0 Å². The minimum absolute atomic E-state index is 0.0210. The Labute approximate surface area is 112 Å². The molecule has 1 unspecified atom stereocenters. The summed E-state index contributed by atoms with van der Waals surface area (Å²) < 4.78 is 14.9. The number of carbonyl (C=O) groups is 1. The van der Waals surface area contributed by atoms with E-state index in [4.69, 9.17) is 15.0 Å². The summed E-state index contributed by atoms with van der Waals surface area (Å²) in [5, 5.41) is 13.1. The van der Waals surface area contributed by atoms with Gasteiger partial charge in [0.15, 0.2) is 6.29 Å². The van der Waals surface area contributed by atoms with Crippen molar-refractivity contribution < 1.29 is 24.1 Å². The SMILES string of the molecule is CCCCOCC(N=[N+]=[N-])[C@H](O)OCCOC(C)=O. The lowest BCUT2D eigenvalue weighted by molar-refractivity contribution is -0.153. The summed E-state index contributed by atoms with van der Waals surface area (Å²) in [4.78, 5) is 13.1. The van der Waals surface area contributed by atoms with Crippen molar-refractivity contribution in [3.63, 3.8) is 0 Å². The minimum atomic E-state index is -1.28. The molecule has 0 aliphatic rings. The van der Waals surface area contributed by atoms with Crippen LogP contribution in [-0.4, -0.2) is 49.8 Å². The van der Waals surface area contributed by atoms with Crippen LogP contribution in [-0.2, 0) is 19.0 Å². The molecule has 19 heavy (non-hydrogen) atoms. The number of esters is 1. The summed E-state index contributed by atoms with van der Waals surface area (Å²) in [5.74, 6) is -0.424. The lowest BCUT2D eigenvalue weighted by atomic mass is 10.3. The van der Waals surface area contributed by atoms with Gasteiger partial charge in [-0.05, 0) is 12.0 Å². The molecule has 8 nitrogen and oxygen atoms in total. The molecule has 0 aromatic heterocycles. The third-order valence-electron chi connectivity index (χ3n) is 2.14. The first-order chi connectivity index (χ1) is 9.11. The molecule has 0 rings (SSSR count). The molecule has 0 aromatic carbocycles. The number of ether oxygens (including phenoxy) is 3. The monoisotopic (exact) mass is 275 g/mol. The molecule has 110 valence electrons. The Balaban J connectivity index is 3.92. The van der Waals surface area contributed by atoms with Crippen molar-refractivity contribution >= 4 is 5.97 Å². The maximum absolute atomic E-state index is 10.5. The quantitative estimate of drug-likeness (QED) is 0.153. The minimum Gasteiger partial charge on any atom is -0.463 e. The number of aliphatic hydroxyl groups is 1. The third kappa shape index (κ3) is 10.3. The van der Waals surface area contributed by atoms with Crippen molar-refractivity contribution in [2.45, 2.75) is 39.0 Å². The smallest absolute Gasteiger partial charge is 0.302 e. The van der Waals surface area contributed by atoms with Crippen LogP contribution in [0.5, 0.6) is 0 Å². The molecule has 0 heterocycles. The Morgan fingerprint density at radius 1 is 1.42 bits per heavy atom. The summed E-state index contributed by atoms with van der Waals surface area (Å²) >= 11 is 0. The summed E-state index contributed by atoms with van der Waals surface area (Å²) in [7, 11) is 0. The van der Waals surface area contributed by atoms with Crippen LogP contribution >= 0.6 is 0 Å². The van der Waals surface area contributed by atoms with Crippen LogP contribution in [0.15, 0.2) is 5.11 Å². The Hall–Kier alpha value is -1.34. The average molecular weight is 275 g/mol. The molecule has 0 aromatic rings. The molecule has 0 aliphatic heterocycles. The van der Waals surface area contributed by atoms with Gasteiger partial charge in [0, 0.05) is 18.4 Å². The lowest BCUT2D eigenvalue weighted by Crippen LogP contribution is -2.32. The highest BCUT2D eigenvalue weighted by Gasteiger charge is 2.18. The van der Waals surface area contributed by atoms with E-state index in [0.717, 1.165) is 12.8 Å². The first-order valence-electron chi connectivity index (χ1n) is 6.16. The number of azide groups is 1. The first-order valence-corrected chi connectivity index (χ1v) is 6.16. The zero-order valence-corrected chi connectivity index (χ0v) is 11.3. The zero-order chi connectivity index (χ0) is 14.5. The topological polar surface area (TPSA) is 114 Å². The molecule has 0 aliphatic carbocycles. The molecule has 0 spiro atoms. The number of unbranched alkanes of at least 4 members (excludes halogenated alkanes) is 1. The van der Waals surface area contributed by atoms with Gasteiger partial charge in [0.1, 0.15) is 12.6 Å². The van der Waals surface area contributed by atoms with E-state index >= 15 is 0 Å². The Bertz CT molecular complexity index is 294. The molecule has 2 atom stereocenters. The number of hydrogen-bond acceptors (Lipinski definition) is 6. The Morgan fingerprint density at radius 3 is 2.74 bits per heavy atom. The molecule has 0 fully saturated rings. The van der Waals surface area contributed by atoms with Crippen molar-refractivity contribution in [3.05, 3.63) is 10.4 Å². The van der Waals surface area contributed by atoms with Crippen molar-refractivity contribution in [3.8, 4) is 0 Å². The molecule has 0 radical (unpaired) electrons. The van der Waals surface area contributed by atoms with E-state index in [1.807, 2.05) is 6.92 Å². The summed E-state index contributed by atoms with van der Waals surface area (Å²) in [5.41, 5.74) is 8.40. The fraction of sp³-hybridized carbons (Fsp3) is 0.909. The van der Waals surface area contributed by atoms with Crippen LogP contribution in [0.25, 0.3) is 10.4 Å². The summed E-state index contributed by atoms with van der Waals surface area (Å²) in [6.07, 6.45) is 0.605. The summed E-state index contributed by atoms with van der Waals surface area (Å²) in [6.45, 7) is 3.98. The second-order valence-corrected chi connectivity index (χ2v) is 3.80. The molecular weight excluding hydrogens is 254 g/mol. The van der Waals surface area contributed by atoms with Gasteiger partial charge in [-0.15, -0.1) is 0 Å². The van der Waals surface area contributed by atoms with Crippen LogP contribution in [0.4, 0.5) is 0 Å². The van der Waals surface area contributed by atoms with E-state index in [2.05, 4.69) is 14.8 Å². The highest BCUT2D eigenvalue weighted by molar-refractivity contribution is 5.65. The van der Waals surface area contributed by atoms with E-state index in [-0.39, 0.29) is 19.8 Å². The van der Waals surface area contributed by atoms with Gasteiger partial charge in [0.2, 0.25) is 0 Å². The lowest BCUT2D eigenvalue weighted by Gasteiger charge is -2.18. The van der Waals surface area contributed by atoms with Gasteiger partial charge in [-0.1, -0.05) is 18.5 Å². The maximum Gasteiger partial charge on any atom is 0.302 e. The first kappa shape index (κ1) is 17.7. The maximum atomic E-state index is 10.5. The van der Waals surface area contributed by atoms with Gasteiger partial charge in [-0.3, -0.25) is 4.79 Å². The molecule has 1 N–H and O–H groups in total. The van der Waals surface area contributed by atoms with Crippen molar-refractivity contribution in [1.82, 2.24) is 0 Å². The number of hydrogen-bond donors (Lipinski definition) is 1. The van der Waals surface area contributed by atoms with E-state index < -0.39 is 18.3 Å². The second kappa shape index (κ2) is 11.7. The normalized spacial score (nSPS) is 13.4. The number of carbonyl (C=O) groups excluding carboxylic acids is 1. The van der Waals surface area contributed by atoms with Gasteiger partial charge in [-0.25, -0.2) is 0 Å². The van der Waals surface area contributed by atoms with Crippen LogP contribution in [0.1, 0.15) is 26.7 Å². The number of aliphatic hydroxyl groups excluding tert-OH is 1. The van der Waals surface area contributed by atoms with Gasteiger partial charge >= 0.3 is 5.97 Å². The molecule has 0 bridgehead atoms. The van der Waals surface area contributed by atoms with E-state index in [0.29, 0.717) is 6.61 Å². The fourth-order valence-electron chi connectivity index (χ4n) is 1.15. The Kier molecular flexibility index (Phi) is 10.9. The fourth-order valence-corrected chi connectivity index (χ4v) is 1.15. The van der Waals surface area contributed by atoms with Crippen molar-refractivity contribution in [2.24, 2.45) is 5.11 Å². The van der Waals surface area contributed by atoms with Gasteiger partial charge < -0.3 is 19.3 Å². The number of rotatable bonds is 11. The highest BCUT2D eigenvalue weighted by Crippen LogP contribution is 2.04. The highest BCUT2D eigenvalue weighted by atomic mass is 16.6. The van der Waals surface area contributed by atoms with Crippen LogP contribution in [0, 0.1) is 0 Å². The standard InChI is InChI=1S/C11H21N3O5/c1-3-4-5-17-8-10(13-14-12)11(16)19-7-6-18-9(2)15/h10-11,16H,3-8H2,1-2H3/t10?,11-/m1/s1. The largest absolute Gasteiger partial charge is 0.463 e. The van der Waals surface area contributed by atoms with Crippen LogP contribution in [0.3, 0.4) is 0 Å². The number of nitrogens with zero attached hydrogens (tertiary/aromatic N) is 3. The predicted molar refractivity (Wildman–Crippen MR) is 67.3 cm³/mol.